The van der Waals surface area contributed by atoms with E-state index < -0.39 is 17.9 Å². The van der Waals surface area contributed by atoms with Gasteiger partial charge in [0.05, 0.1) is 17.0 Å². The van der Waals surface area contributed by atoms with Crippen molar-refractivity contribution in [2.75, 3.05) is 5.32 Å². The van der Waals surface area contributed by atoms with Gasteiger partial charge < -0.3 is 10.1 Å². The molecule has 1 atom stereocenters. The number of carbonyl (C=O) groups is 1. The number of imidazole rings is 1. The highest BCUT2D eigenvalue weighted by molar-refractivity contribution is 6.31. The number of H-pyrrole nitrogens is 1. The number of hydrogen-bond donors (Lipinski definition) is 3. The molecule has 0 radical (unpaired) electrons. The summed E-state index contributed by atoms with van der Waals surface area (Å²) in [5, 5.41) is 11.1. The van der Waals surface area contributed by atoms with Gasteiger partial charge in [-0.2, -0.15) is 0 Å². The van der Waals surface area contributed by atoms with Gasteiger partial charge in [-0.25, -0.2) is 18.6 Å². The van der Waals surface area contributed by atoms with E-state index in [1.807, 2.05) is 6.07 Å². The second-order valence-electron chi connectivity index (χ2n) is 5.61. The Bertz CT molecular complexity index is 899. The average molecular weight is 366 g/mol. The van der Waals surface area contributed by atoms with E-state index in [1.54, 1.807) is 42.5 Å². The lowest BCUT2D eigenvalue weighted by Crippen LogP contribution is -2.08. The molecule has 130 valence electrons. The molecule has 1 fully saturated rings. The van der Waals surface area contributed by atoms with Crippen LogP contribution in [0.25, 0.3) is 11.0 Å². The number of fused-ring (bicyclic) bond motifs is 1. The Morgan fingerprint density at radius 2 is 1.96 bits per heavy atom. The third-order valence-corrected chi connectivity index (χ3v) is 3.93. The van der Waals surface area contributed by atoms with Crippen LogP contribution < -0.4 is 5.32 Å². The van der Waals surface area contributed by atoms with Crippen LogP contribution in [0.3, 0.4) is 0 Å². The highest BCUT2D eigenvalue weighted by Gasteiger charge is 2.57. The highest BCUT2D eigenvalue weighted by atomic mass is 35.5. The SMILES string of the molecule is FC1(F)CC1c1ccccc1.O=C(O)Nc1nc2ccc(Cl)cc2[nH]1. The van der Waals surface area contributed by atoms with Crippen LogP contribution in [0.2, 0.25) is 5.02 Å². The maximum atomic E-state index is 12.5. The molecular formula is C17H14ClF2N3O2. The van der Waals surface area contributed by atoms with Gasteiger partial charge in [0.2, 0.25) is 5.95 Å². The van der Waals surface area contributed by atoms with Crippen molar-refractivity contribution < 1.29 is 18.7 Å². The van der Waals surface area contributed by atoms with E-state index in [-0.39, 0.29) is 12.4 Å². The van der Waals surface area contributed by atoms with Crippen molar-refractivity contribution in [2.45, 2.75) is 18.3 Å². The fourth-order valence-corrected chi connectivity index (χ4v) is 2.57. The van der Waals surface area contributed by atoms with E-state index in [2.05, 4.69) is 15.3 Å². The molecule has 0 spiro atoms. The molecule has 4 rings (SSSR count). The quantitative estimate of drug-likeness (QED) is 0.590. The van der Waals surface area contributed by atoms with Crippen molar-refractivity contribution in [3.63, 3.8) is 0 Å². The molecule has 0 aliphatic heterocycles. The fraction of sp³-hybridized carbons (Fsp3) is 0.176. The molecule has 3 N–H and O–H groups in total. The summed E-state index contributed by atoms with van der Waals surface area (Å²) in [6.45, 7) is 0. The van der Waals surface area contributed by atoms with Crippen LogP contribution in [-0.2, 0) is 0 Å². The van der Waals surface area contributed by atoms with Crippen LogP contribution in [0, 0.1) is 0 Å². The van der Waals surface area contributed by atoms with Crippen LogP contribution in [0.15, 0.2) is 48.5 Å². The summed E-state index contributed by atoms with van der Waals surface area (Å²) in [4.78, 5) is 17.1. The molecule has 0 bridgehead atoms. The van der Waals surface area contributed by atoms with Gasteiger partial charge in [0.15, 0.2) is 0 Å². The van der Waals surface area contributed by atoms with Gasteiger partial charge in [-0.15, -0.1) is 0 Å². The molecule has 0 saturated heterocycles. The van der Waals surface area contributed by atoms with E-state index in [0.717, 1.165) is 5.56 Å². The molecule has 1 aromatic heterocycles. The van der Waals surface area contributed by atoms with Crippen LogP contribution in [-0.4, -0.2) is 27.1 Å². The summed E-state index contributed by atoms with van der Waals surface area (Å²) < 4.78 is 25.0. The molecule has 1 unspecified atom stereocenters. The smallest absolute Gasteiger partial charge is 0.411 e. The standard InChI is InChI=1S/C9H8F2.C8H6ClN3O2/c10-9(11)6-8(9)7-4-2-1-3-5-7;9-4-1-2-5-6(3-4)11-7(10-5)12-8(13)14/h1-5,8H,6H2;1-3H,(H,13,14)(H2,10,11,12). The van der Waals surface area contributed by atoms with E-state index in [0.29, 0.717) is 16.1 Å². The number of halogens is 3. The maximum absolute atomic E-state index is 12.5. The first-order valence-corrected chi connectivity index (χ1v) is 7.81. The molecule has 1 aliphatic rings. The molecule has 1 aliphatic carbocycles. The third kappa shape index (κ3) is 4.24. The van der Waals surface area contributed by atoms with Gasteiger partial charge in [0, 0.05) is 11.4 Å². The monoisotopic (exact) mass is 365 g/mol. The Labute approximate surface area is 146 Å². The zero-order valence-corrected chi connectivity index (χ0v) is 13.6. The average Bonchev–Trinajstić information content (AvgIpc) is 3.01. The largest absolute Gasteiger partial charge is 0.465 e. The number of aromatic amines is 1. The Hall–Kier alpha value is -2.67. The Morgan fingerprint density at radius 3 is 2.56 bits per heavy atom. The van der Waals surface area contributed by atoms with Gasteiger partial charge in [0.25, 0.3) is 5.92 Å². The molecule has 1 heterocycles. The van der Waals surface area contributed by atoms with Crippen LogP contribution >= 0.6 is 11.6 Å². The van der Waals surface area contributed by atoms with E-state index >= 15 is 0 Å². The molecule has 3 aromatic rings. The predicted octanol–water partition coefficient (Wildman–Crippen LogP) is 5.12. The summed E-state index contributed by atoms with van der Waals surface area (Å²) in [7, 11) is 0. The molecular weight excluding hydrogens is 352 g/mol. The number of nitrogens with one attached hydrogen (secondary N) is 2. The van der Waals surface area contributed by atoms with Crippen LogP contribution in [0.4, 0.5) is 19.5 Å². The molecule has 5 nitrogen and oxygen atoms in total. The first-order chi connectivity index (χ1) is 11.8. The molecule has 25 heavy (non-hydrogen) atoms. The number of hydrogen-bond acceptors (Lipinski definition) is 2. The first-order valence-electron chi connectivity index (χ1n) is 7.43. The summed E-state index contributed by atoms with van der Waals surface area (Å²) >= 11 is 5.75. The van der Waals surface area contributed by atoms with Gasteiger partial charge >= 0.3 is 6.09 Å². The second kappa shape index (κ2) is 6.68. The fourth-order valence-electron chi connectivity index (χ4n) is 2.40. The lowest BCUT2D eigenvalue weighted by Gasteiger charge is -1.96. The van der Waals surface area contributed by atoms with Crippen molar-refractivity contribution in [3.8, 4) is 0 Å². The minimum absolute atomic E-state index is 0.0248. The molecule has 1 saturated carbocycles. The third-order valence-electron chi connectivity index (χ3n) is 3.70. The van der Waals surface area contributed by atoms with Crippen molar-refractivity contribution in [1.29, 1.82) is 0 Å². The second-order valence-corrected chi connectivity index (χ2v) is 6.04. The highest BCUT2D eigenvalue weighted by Crippen LogP contribution is 2.55. The number of aromatic nitrogens is 2. The topological polar surface area (TPSA) is 78.0 Å². The lowest BCUT2D eigenvalue weighted by molar-refractivity contribution is 0.112. The zero-order valence-electron chi connectivity index (χ0n) is 12.8. The number of rotatable bonds is 2. The predicted molar refractivity (Wildman–Crippen MR) is 91.5 cm³/mol. The molecule has 2 aromatic carbocycles. The first kappa shape index (κ1) is 17.2. The van der Waals surface area contributed by atoms with Gasteiger partial charge in [-0.05, 0) is 23.8 Å². The number of nitrogens with zero attached hydrogens (tertiary/aromatic N) is 1. The van der Waals surface area contributed by atoms with E-state index in [9.17, 15) is 13.6 Å². The Balaban J connectivity index is 0.000000150. The van der Waals surface area contributed by atoms with E-state index in [4.69, 9.17) is 16.7 Å². The van der Waals surface area contributed by atoms with Gasteiger partial charge in [-0.3, -0.25) is 5.32 Å². The summed E-state index contributed by atoms with van der Waals surface area (Å²) in [6.07, 6.45) is -1.13. The number of amides is 1. The summed E-state index contributed by atoms with van der Waals surface area (Å²) in [6, 6.07) is 14.0. The summed E-state index contributed by atoms with van der Waals surface area (Å²) in [5.41, 5.74) is 2.12. The van der Waals surface area contributed by atoms with E-state index in [1.165, 1.54) is 0 Å². The number of benzene rings is 2. The van der Waals surface area contributed by atoms with Gasteiger partial charge in [0.1, 0.15) is 0 Å². The Morgan fingerprint density at radius 1 is 1.28 bits per heavy atom. The van der Waals surface area contributed by atoms with Gasteiger partial charge in [-0.1, -0.05) is 41.9 Å². The normalized spacial score (nSPS) is 17.5. The minimum atomic E-state index is -2.43. The lowest BCUT2D eigenvalue weighted by atomic mass is 10.1. The van der Waals surface area contributed by atoms with Crippen molar-refractivity contribution in [3.05, 3.63) is 59.1 Å². The Kier molecular flexibility index (Phi) is 4.59. The molecule has 8 heteroatoms. The minimum Gasteiger partial charge on any atom is -0.465 e. The van der Waals surface area contributed by atoms with Crippen LogP contribution in [0.1, 0.15) is 17.9 Å². The van der Waals surface area contributed by atoms with Crippen molar-refractivity contribution in [1.82, 2.24) is 9.97 Å². The number of alkyl halides is 2. The number of anilines is 1. The number of carboxylic acid groups (broad SMARTS) is 1. The zero-order chi connectivity index (χ0) is 18.0. The van der Waals surface area contributed by atoms with Crippen molar-refractivity contribution in [2.24, 2.45) is 0 Å². The maximum Gasteiger partial charge on any atom is 0.411 e. The summed E-state index contributed by atoms with van der Waals surface area (Å²) in [5.74, 6) is -2.75. The van der Waals surface area contributed by atoms with Crippen molar-refractivity contribution >= 4 is 34.7 Å². The molecule has 1 amide bonds. The van der Waals surface area contributed by atoms with Crippen LogP contribution in [0.5, 0.6) is 0 Å².